The third kappa shape index (κ3) is 63.2. The molecule has 0 aromatic rings. The molecule has 0 aliphatic rings. The van der Waals surface area contributed by atoms with Gasteiger partial charge in [0.05, 0.1) is 26.4 Å². The van der Waals surface area contributed by atoms with Gasteiger partial charge < -0.3 is 33.8 Å². The van der Waals surface area contributed by atoms with Gasteiger partial charge in [-0.25, -0.2) is 9.13 Å². The van der Waals surface area contributed by atoms with Crippen LogP contribution in [0.2, 0.25) is 0 Å². The highest BCUT2D eigenvalue weighted by Gasteiger charge is 2.30. The molecule has 3 N–H and O–H groups in total. The molecule has 528 valence electrons. The molecule has 0 saturated carbocycles. The predicted octanol–water partition coefficient (Wildman–Crippen LogP) is 19.8. The Morgan fingerprint density at radius 2 is 0.573 bits per heavy atom. The zero-order valence-corrected chi connectivity index (χ0v) is 59.7. The van der Waals surface area contributed by atoms with E-state index in [2.05, 4.69) is 48.5 Å². The van der Waals surface area contributed by atoms with Crippen LogP contribution in [0.1, 0.15) is 350 Å². The second-order valence-electron chi connectivity index (χ2n) is 26.5. The van der Waals surface area contributed by atoms with Gasteiger partial charge in [-0.1, -0.05) is 299 Å². The zero-order chi connectivity index (χ0) is 65.9. The summed E-state index contributed by atoms with van der Waals surface area (Å²) >= 11 is 0. The first-order chi connectivity index (χ1) is 42.8. The van der Waals surface area contributed by atoms with Gasteiger partial charge in [-0.05, 0) is 43.4 Å². The van der Waals surface area contributed by atoms with Gasteiger partial charge in [-0.15, -0.1) is 0 Å². The highest BCUT2D eigenvalue weighted by Crippen LogP contribution is 2.45. The lowest BCUT2D eigenvalue weighted by Crippen LogP contribution is -2.30. The van der Waals surface area contributed by atoms with Gasteiger partial charge in [0.25, 0.3) is 0 Å². The maximum atomic E-state index is 13.0. The molecule has 0 aromatic heterocycles. The summed E-state index contributed by atoms with van der Waals surface area (Å²) in [6, 6.07) is 0. The minimum absolute atomic E-state index is 0.102. The molecule has 0 aliphatic carbocycles. The summed E-state index contributed by atoms with van der Waals surface area (Å²) in [6.45, 7) is 11.7. The summed E-state index contributed by atoms with van der Waals surface area (Å²) < 4.78 is 68.2. The Kier molecular flexibility index (Phi) is 59.6. The van der Waals surface area contributed by atoms with Crippen LogP contribution in [0, 0.1) is 17.8 Å². The van der Waals surface area contributed by atoms with E-state index in [-0.39, 0.29) is 25.7 Å². The van der Waals surface area contributed by atoms with Gasteiger partial charge in [0.1, 0.15) is 19.3 Å². The van der Waals surface area contributed by atoms with Gasteiger partial charge in [-0.2, -0.15) is 0 Å². The first-order valence-corrected chi connectivity index (χ1v) is 39.4. The number of phosphoric ester groups is 2. The van der Waals surface area contributed by atoms with Crippen molar-refractivity contribution in [3.8, 4) is 0 Å². The number of esters is 4. The molecule has 0 aromatic carbocycles. The van der Waals surface area contributed by atoms with E-state index in [1.54, 1.807) is 0 Å². The summed E-state index contributed by atoms with van der Waals surface area (Å²) in [5.74, 6) is 0.0213. The monoisotopic (exact) mass is 1310 g/mol. The van der Waals surface area contributed by atoms with Gasteiger partial charge >= 0.3 is 39.5 Å². The Bertz CT molecular complexity index is 1750. The summed E-state index contributed by atoms with van der Waals surface area (Å²) in [5.41, 5.74) is 0. The maximum Gasteiger partial charge on any atom is 0.472 e. The fraction of sp³-hybridized carbons (Fsp3) is 0.943. The van der Waals surface area contributed by atoms with Crippen LogP contribution < -0.4 is 0 Å². The molecule has 0 amide bonds. The van der Waals surface area contributed by atoms with Crippen molar-refractivity contribution >= 4 is 39.5 Å². The number of aliphatic hydroxyl groups is 1. The minimum Gasteiger partial charge on any atom is -0.462 e. The molecule has 3 unspecified atom stereocenters. The van der Waals surface area contributed by atoms with Crippen molar-refractivity contribution in [1.29, 1.82) is 0 Å². The average Bonchev–Trinajstić information content (AvgIpc) is 3.55. The first-order valence-electron chi connectivity index (χ1n) is 36.4. The number of aliphatic hydroxyl groups excluding tert-OH is 1. The van der Waals surface area contributed by atoms with E-state index in [9.17, 15) is 43.2 Å². The molecule has 0 saturated heterocycles. The van der Waals surface area contributed by atoms with Crippen molar-refractivity contribution in [3.63, 3.8) is 0 Å². The Hall–Kier alpha value is -1.94. The molecule has 17 nitrogen and oxygen atoms in total. The van der Waals surface area contributed by atoms with E-state index in [1.807, 2.05) is 0 Å². The lowest BCUT2D eigenvalue weighted by Gasteiger charge is -2.21. The van der Waals surface area contributed by atoms with Crippen LogP contribution in [0.25, 0.3) is 0 Å². The van der Waals surface area contributed by atoms with E-state index in [4.69, 9.17) is 37.0 Å². The number of hydrogen-bond acceptors (Lipinski definition) is 15. The van der Waals surface area contributed by atoms with Crippen LogP contribution in [-0.2, 0) is 65.4 Å². The number of rotatable bonds is 68. The Morgan fingerprint density at radius 3 is 0.854 bits per heavy atom. The van der Waals surface area contributed by atoms with E-state index >= 15 is 0 Å². The van der Waals surface area contributed by atoms with Gasteiger partial charge in [0.15, 0.2) is 12.2 Å². The molecule has 0 radical (unpaired) electrons. The molecular weight excluding hydrogens is 1170 g/mol. The molecular formula is C70H136O17P2. The summed E-state index contributed by atoms with van der Waals surface area (Å²) in [4.78, 5) is 72.5. The normalized spacial score (nSPS) is 14.5. The molecule has 0 rings (SSSR count). The van der Waals surface area contributed by atoms with Gasteiger partial charge in [0.2, 0.25) is 0 Å². The topological polar surface area (TPSA) is 237 Å². The Labute approximate surface area is 543 Å². The second kappa shape index (κ2) is 61.0. The SMILES string of the molecule is CCCCCCCCCCCCCCCCCCCCC(=O)O[C@H](COC(=O)CCCCCCCCCCC(C)CC)COP(=O)(O)OC[C@@H](O)COP(=O)(O)OC[C@@H](COC(=O)CCCCCCCCC(C)C)OC(=O)CCCCCCCCCC(C)C. The number of ether oxygens (including phenoxy) is 4. The third-order valence-corrected chi connectivity index (χ3v) is 18.4. The summed E-state index contributed by atoms with van der Waals surface area (Å²) in [5, 5.41) is 10.6. The summed E-state index contributed by atoms with van der Waals surface area (Å²) in [7, 11) is -9.90. The number of carbonyl (C=O) groups is 4. The molecule has 19 heteroatoms. The molecule has 0 spiro atoms. The van der Waals surface area contributed by atoms with E-state index in [0.29, 0.717) is 37.5 Å². The first kappa shape index (κ1) is 87.1. The predicted molar refractivity (Wildman–Crippen MR) is 358 cm³/mol. The number of carbonyl (C=O) groups excluding carboxylic acids is 4. The molecule has 0 aliphatic heterocycles. The highest BCUT2D eigenvalue weighted by molar-refractivity contribution is 7.47. The van der Waals surface area contributed by atoms with Crippen molar-refractivity contribution in [1.82, 2.24) is 0 Å². The van der Waals surface area contributed by atoms with E-state index < -0.39 is 97.5 Å². The number of phosphoric acid groups is 2. The second-order valence-corrected chi connectivity index (χ2v) is 29.4. The Morgan fingerprint density at radius 1 is 0.326 bits per heavy atom. The molecule has 89 heavy (non-hydrogen) atoms. The zero-order valence-electron chi connectivity index (χ0n) is 57.9. The maximum absolute atomic E-state index is 13.0. The van der Waals surface area contributed by atoms with Crippen LogP contribution in [0.15, 0.2) is 0 Å². The van der Waals surface area contributed by atoms with Crippen LogP contribution in [0.3, 0.4) is 0 Å². The van der Waals surface area contributed by atoms with E-state index in [0.717, 1.165) is 102 Å². The van der Waals surface area contributed by atoms with Crippen LogP contribution in [0.4, 0.5) is 0 Å². The molecule has 0 bridgehead atoms. The van der Waals surface area contributed by atoms with Crippen LogP contribution in [-0.4, -0.2) is 96.7 Å². The van der Waals surface area contributed by atoms with Crippen molar-refractivity contribution in [3.05, 3.63) is 0 Å². The van der Waals surface area contributed by atoms with Crippen LogP contribution >= 0.6 is 15.6 Å². The quantitative estimate of drug-likeness (QED) is 0.0222. The number of hydrogen-bond donors (Lipinski definition) is 3. The van der Waals surface area contributed by atoms with E-state index in [1.165, 1.54) is 154 Å². The largest absolute Gasteiger partial charge is 0.472 e. The minimum atomic E-state index is -4.95. The standard InChI is InChI=1S/C70H136O17P2/c1-8-10-11-12-13-14-15-16-17-18-19-20-21-22-23-30-39-46-53-69(74)86-65(57-80-67(72)51-44-37-29-25-24-28-36-43-50-63(7)9-2)59-84-88(76,77)82-55-64(71)56-83-89(78,79)85-60-66(58-81-68(73)52-45-38-33-32-35-42-49-62(5)6)87-70(75)54-47-40-31-26-27-34-41-48-61(3)4/h61-66,71H,8-60H2,1-7H3,(H,76,77)(H,78,79)/t63?,64-,65-,66-/m1/s1. The van der Waals surface area contributed by atoms with Crippen molar-refractivity contribution in [2.45, 2.75) is 369 Å². The smallest absolute Gasteiger partial charge is 0.462 e. The molecule has 0 heterocycles. The fourth-order valence-electron chi connectivity index (χ4n) is 10.5. The summed E-state index contributed by atoms with van der Waals surface area (Å²) in [6.07, 6.45) is 44.7. The average molecular weight is 1310 g/mol. The Balaban J connectivity index is 5.22. The lowest BCUT2D eigenvalue weighted by atomic mass is 9.99. The third-order valence-electron chi connectivity index (χ3n) is 16.5. The number of unbranched alkanes of at least 4 members (excludes halogenated alkanes) is 35. The highest BCUT2D eigenvalue weighted by atomic mass is 31.2. The lowest BCUT2D eigenvalue weighted by molar-refractivity contribution is -0.161. The molecule has 6 atom stereocenters. The van der Waals surface area contributed by atoms with Crippen LogP contribution in [0.5, 0.6) is 0 Å². The fourth-order valence-corrected chi connectivity index (χ4v) is 12.1. The van der Waals surface area contributed by atoms with Crippen molar-refractivity contribution < 1.29 is 80.2 Å². The van der Waals surface area contributed by atoms with Crippen molar-refractivity contribution in [2.75, 3.05) is 39.6 Å². The van der Waals surface area contributed by atoms with Gasteiger partial charge in [-0.3, -0.25) is 37.3 Å². The molecule has 0 fully saturated rings. The van der Waals surface area contributed by atoms with Gasteiger partial charge in [0, 0.05) is 25.7 Å². The van der Waals surface area contributed by atoms with Crippen molar-refractivity contribution in [2.24, 2.45) is 17.8 Å².